The minimum absolute atomic E-state index is 0.335. The number of hydrogen-bond acceptors (Lipinski definition) is 5. The molecule has 1 atom stereocenters. The van der Waals surface area contributed by atoms with Gasteiger partial charge < -0.3 is 4.57 Å². The standard InChI is InChI=1S/C54H35N7/c1-34-10-5-6-15-42(34)49-30-48(36-11-3-2-4-12-36)58-54(59-49)61-52-23-20-38(29-47(52)45-24-25-57-33-53(45)61)37-19-22-51-46(28-37)44-16-7-8-17-50(44)60(51)41-14-9-13-39(27-41)43-21-18-35(31-55)26-40(43)32-56/h2-9,11-30,33-34H,10H2,1H3. The van der Waals surface area contributed by atoms with Crippen molar-refractivity contribution in [3.05, 3.63) is 193 Å². The highest BCUT2D eigenvalue weighted by Gasteiger charge is 2.21. The first kappa shape index (κ1) is 35.7. The topological polar surface area (TPSA) is 96.1 Å². The Labute approximate surface area is 352 Å². The van der Waals surface area contributed by atoms with Crippen molar-refractivity contribution in [3.63, 3.8) is 0 Å². The lowest BCUT2D eigenvalue weighted by Gasteiger charge is -2.18. The van der Waals surface area contributed by atoms with E-state index >= 15 is 0 Å². The van der Waals surface area contributed by atoms with E-state index in [1.807, 2.05) is 48.8 Å². The van der Waals surface area contributed by atoms with Gasteiger partial charge in [-0.2, -0.15) is 10.5 Å². The fourth-order valence-electron chi connectivity index (χ4n) is 8.99. The smallest absolute Gasteiger partial charge is 0.235 e. The second-order valence-corrected chi connectivity index (χ2v) is 15.6. The van der Waals surface area contributed by atoms with E-state index in [4.69, 9.17) is 9.97 Å². The van der Waals surface area contributed by atoms with Crippen LogP contribution in [0.3, 0.4) is 0 Å². The second kappa shape index (κ2) is 14.5. The molecule has 4 aromatic heterocycles. The van der Waals surface area contributed by atoms with E-state index in [0.717, 1.165) is 94.9 Å². The van der Waals surface area contributed by atoms with E-state index < -0.39 is 0 Å². The fraction of sp³-hybridized carbons (Fsp3) is 0.0556. The number of para-hydroxylation sites is 1. The summed E-state index contributed by atoms with van der Waals surface area (Å²) in [4.78, 5) is 15.1. The maximum Gasteiger partial charge on any atom is 0.235 e. The molecule has 0 spiro atoms. The highest BCUT2D eigenvalue weighted by atomic mass is 15.2. The molecular weight excluding hydrogens is 747 g/mol. The normalized spacial score (nSPS) is 13.8. The van der Waals surface area contributed by atoms with Gasteiger partial charge in [0.25, 0.3) is 0 Å². The van der Waals surface area contributed by atoms with Crippen molar-refractivity contribution in [1.82, 2.24) is 24.1 Å². The first-order chi connectivity index (χ1) is 30.1. The number of fused-ring (bicyclic) bond motifs is 6. The van der Waals surface area contributed by atoms with Gasteiger partial charge in [-0.1, -0.05) is 104 Å². The summed E-state index contributed by atoms with van der Waals surface area (Å²) in [5.41, 5.74) is 14.0. The largest absolute Gasteiger partial charge is 0.309 e. The molecule has 0 aliphatic heterocycles. The van der Waals surface area contributed by atoms with Crippen molar-refractivity contribution >= 4 is 49.2 Å². The van der Waals surface area contributed by atoms with Crippen molar-refractivity contribution in [1.29, 1.82) is 10.5 Å². The van der Waals surface area contributed by atoms with Crippen LogP contribution < -0.4 is 0 Å². The molecule has 4 heterocycles. The van der Waals surface area contributed by atoms with Crippen LogP contribution in [0.4, 0.5) is 0 Å². The van der Waals surface area contributed by atoms with Crippen molar-refractivity contribution in [3.8, 4) is 57.3 Å². The molecule has 0 radical (unpaired) electrons. The molecule has 0 saturated heterocycles. The van der Waals surface area contributed by atoms with Crippen LogP contribution in [-0.4, -0.2) is 24.1 Å². The van der Waals surface area contributed by atoms with Gasteiger partial charge >= 0.3 is 0 Å². The predicted octanol–water partition coefficient (Wildman–Crippen LogP) is 12.8. The molecule has 1 unspecified atom stereocenters. The zero-order valence-corrected chi connectivity index (χ0v) is 33.2. The molecule has 10 aromatic rings. The monoisotopic (exact) mass is 781 g/mol. The van der Waals surface area contributed by atoms with E-state index in [9.17, 15) is 10.5 Å². The fourth-order valence-corrected chi connectivity index (χ4v) is 8.99. The summed E-state index contributed by atoms with van der Waals surface area (Å²) in [6, 6.07) is 54.3. The number of aromatic nitrogens is 5. The Kier molecular flexibility index (Phi) is 8.47. The average molecular weight is 782 g/mol. The van der Waals surface area contributed by atoms with Crippen LogP contribution in [0.1, 0.15) is 30.2 Å². The van der Waals surface area contributed by atoms with Crippen LogP contribution in [0.2, 0.25) is 0 Å². The van der Waals surface area contributed by atoms with E-state index in [-0.39, 0.29) is 0 Å². The maximum atomic E-state index is 9.95. The molecule has 0 bridgehead atoms. The molecule has 0 amide bonds. The van der Waals surface area contributed by atoms with Gasteiger partial charge in [0, 0.05) is 39.0 Å². The van der Waals surface area contributed by atoms with Crippen LogP contribution >= 0.6 is 0 Å². The highest BCUT2D eigenvalue weighted by Crippen LogP contribution is 2.39. The zero-order valence-electron chi connectivity index (χ0n) is 33.2. The summed E-state index contributed by atoms with van der Waals surface area (Å²) in [5.74, 6) is 0.947. The summed E-state index contributed by atoms with van der Waals surface area (Å²) < 4.78 is 4.44. The first-order valence-corrected chi connectivity index (χ1v) is 20.3. The maximum absolute atomic E-state index is 9.95. The number of nitrogens with zero attached hydrogens (tertiary/aromatic N) is 7. The molecule has 0 N–H and O–H groups in total. The van der Waals surface area contributed by atoms with Gasteiger partial charge in [-0.3, -0.25) is 9.55 Å². The van der Waals surface area contributed by atoms with Crippen molar-refractivity contribution < 1.29 is 0 Å². The number of rotatable bonds is 6. The molecule has 1 aliphatic carbocycles. The molecule has 286 valence electrons. The Bertz CT molecular complexity index is 3550. The van der Waals surface area contributed by atoms with Gasteiger partial charge in [0.15, 0.2) is 0 Å². The Balaban J connectivity index is 1.05. The third-order valence-electron chi connectivity index (χ3n) is 12.0. The van der Waals surface area contributed by atoms with Crippen LogP contribution in [0.5, 0.6) is 0 Å². The Hall–Kier alpha value is -8.39. The number of pyridine rings is 1. The average Bonchev–Trinajstić information content (AvgIpc) is 3.84. The van der Waals surface area contributed by atoms with Crippen LogP contribution in [0, 0.1) is 28.6 Å². The summed E-state index contributed by atoms with van der Waals surface area (Å²) in [5, 5.41) is 23.8. The van der Waals surface area contributed by atoms with Gasteiger partial charge in [0.1, 0.15) is 0 Å². The number of allylic oxidation sites excluding steroid dienone is 4. The minimum atomic E-state index is 0.335. The lowest BCUT2D eigenvalue weighted by molar-refractivity contribution is 0.752. The van der Waals surface area contributed by atoms with Gasteiger partial charge in [-0.25, -0.2) is 9.97 Å². The lowest BCUT2D eigenvalue weighted by atomic mass is 9.90. The van der Waals surface area contributed by atoms with Crippen LogP contribution in [-0.2, 0) is 0 Å². The number of hydrogen-bond donors (Lipinski definition) is 0. The zero-order chi connectivity index (χ0) is 41.0. The summed E-state index contributed by atoms with van der Waals surface area (Å²) in [6.07, 6.45) is 11.3. The number of nitriles is 2. The van der Waals surface area contributed by atoms with Gasteiger partial charge in [-0.15, -0.1) is 0 Å². The van der Waals surface area contributed by atoms with Crippen LogP contribution in [0.25, 0.3) is 94.3 Å². The van der Waals surface area contributed by atoms with Crippen molar-refractivity contribution in [2.75, 3.05) is 0 Å². The Morgan fingerprint density at radius 1 is 0.574 bits per heavy atom. The first-order valence-electron chi connectivity index (χ1n) is 20.3. The highest BCUT2D eigenvalue weighted by molar-refractivity contribution is 6.12. The van der Waals surface area contributed by atoms with Gasteiger partial charge in [0.05, 0.1) is 62.9 Å². The summed E-state index contributed by atoms with van der Waals surface area (Å²) in [7, 11) is 0. The van der Waals surface area contributed by atoms with Crippen LogP contribution in [0.15, 0.2) is 176 Å². The lowest BCUT2D eigenvalue weighted by Crippen LogP contribution is -2.08. The molecule has 7 heteroatoms. The number of benzene rings is 6. The van der Waals surface area contributed by atoms with Crippen molar-refractivity contribution in [2.45, 2.75) is 13.3 Å². The van der Waals surface area contributed by atoms with Gasteiger partial charge in [0.2, 0.25) is 5.95 Å². The molecule has 0 fully saturated rings. The van der Waals surface area contributed by atoms with E-state index in [2.05, 4.69) is 148 Å². The third-order valence-corrected chi connectivity index (χ3v) is 12.0. The predicted molar refractivity (Wildman–Crippen MR) is 245 cm³/mol. The minimum Gasteiger partial charge on any atom is -0.309 e. The summed E-state index contributed by atoms with van der Waals surface area (Å²) in [6.45, 7) is 2.25. The molecular formula is C54H35N7. The van der Waals surface area contributed by atoms with E-state index in [1.165, 1.54) is 5.57 Å². The Morgan fingerprint density at radius 3 is 2.08 bits per heavy atom. The molecule has 11 rings (SSSR count). The van der Waals surface area contributed by atoms with E-state index in [1.54, 1.807) is 12.1 Å². The molecule has 61 heavy (non-hydrogen) atoms. The summed E-state index contributed by atoms with van der Waals surface area (Å²) >= 11 is 0. The molecule has 7 nitrogen and oxygen atoms in total. The molecule has 6 aromatic carbocycles. The Morgan fingerprint density at radius 2 is 1.30 bits per heavy atom. The third kappa shape index (κ3) is 5.99. The SMILES string of the molecule is CC1CC=CC=C1c1cc(-c2ccccc2)nc(-n2c3ccc(-c4ccc5c(c4)c4ccccc4n5-c4cccc(-c5ccc(C#N)cc5C#N)c4)cc3c3ccncc32)n1. The van der Waals surface area contributed by atoms with E-state index in [0.29, 0.717) is 23.0 Å². The molecule has 0 saturated carbocycles. The van der Waals surface area contributed by atoms with Crippen molar-refractivity contribution in [2.24, 2.45) is 5.92 Å². The molecule has 1 aliphatic rings. The van der Waals surface area contributed by atoms with Gasteiger partial charge in [-0.05, 0) is 107 Å². The quantitative estimate of drug-likeness (QED) is 0.167. The second-order valence-electron chi connectivity index (χ2n) is 15.6.